The Kier molecular flexibility index (Phi) is 7.63. The molecular formula is C21H25N7O3. The van der Waals surface area contributed by atoms with Crippen LogP contribution in [0.3, 0.4) is 0 Å². The number of aromatic nitrogens is 5. The van der Waals surface area contributed by atoms with Crippen molar-refractivity contribution in [2.75, 3.05) is 6.61 Å². The van der Waals surface area contributed by atoms with Gasteiger partial charge in [-0.2, -0.15) is 0 Å². The van der Waals surface area contributed by atoms with Gasteiger partial charge in [-0.3, -0.25) is 4.98 Å². The highest BCUT2D eigenvalue weighted by atomic mass is 16.6. The van der Waals surface area contributed by atoms with Crippen LogP contribution < -0.4 is 5.73 Å². The van der Waals surface area contributed by atoms with Crippen molar-refractivity contribution in [1.82, 2.24) is 25.2 Å². The van der Waals surface area contributed by atoms with Crippen molar-refractivity contribution >= 4 is 12.3 Å². The van der Waals surface area contributed by atoms with Crippen molar-refractivity contribution in [3.8, 4) is 11.4 Å². The monoisotopic (exact) mass is 423 g/mol. The number of nitrogens with zero attached hydrogens (tertiary/aromatic N) is 6. The molecule has 0 spiro atoms. The minimum Gasteiger partial charge on any atom is -0.449 e. The summed E-state index contributed by atoms with van der Waals surface area (Å²) in [6.07, 6.45) is 4.29. The summed E-state index contributed by atoms with van der Waals surface area (Å²) >= 11 is 0. The van der Waals surface area contributed by atoms with Crippen molar-refractivity contribution in [2.45, 2.75) is 32.3 Å². The molecule has 0 radical (unpaired) electrons. The Morgan fingerprint density at radius 2 is 2.10 bits per heavy atom. The summed E-state index contributed by atoms with van der Waals surface area (Å²) in [7, 11) is 1.79. The zero-order valence-corrected chi connectivity index (χ0v) is 17.5. The van der Waals surface area contributed by atoms with Crippen molar-refractivity contribution in [3.05, 3.63) is 59.4 Å². The second-order valence-corrected chi connectivity index (χ2v) is 6.92. The van der Waals surface area contributed by atoms with Crippen LogP contribution in [0.5, 0.6) is 0 Å². The summed E-state index contributed by atoms with van der Waals surface area (Å²) < 4.78 is 6.62. The van der Waals surface area contributed by atoms with Crippen LogP contribution in [0.15, 0.2) is 47.8 Å². The summed E-state index contributed by atoms with van der Waals surface area (Å²) in [5.74, 6) is 0.634. The molecule has 10 nitrogen and oxygen atoms in total. The number of tetrazole rings is 1. The third kappa shape index (κ3) is 6.08. The normalized spacial score (nSPS) is 12.1. The van der Waals surface area contributed by atoms with E-state index in [1.54, 1.807) is 24.1 Å². The van der Waals surface area contributed by atoms with E-state index in [4.69, 9.17) is 15.3 Å². The fourth-order valence-corrected chi connectivity index (χ4v) is 3.17. The van der Waals surface area contributed by atoms with Gasteiger partial charge in [0.1, 0.15) is 13.2 Å². The second kappa shape index (κ2) is 10.8. The Balaban J connectivity index is 1.62. The lowest BCUT2D eigenvalue weighted by atomic mass is 9.96. The predicted octanol–water partition coefficient (Wildman–Crippen LogP) is 2.80. The molecule has 3 aromatic rings. The number of pyridine rings is 1. The lowest BCUT2D eigenvalue weighted by Crippen LogP contribution is -2.19. The van der Waals surface area contributed by atoms with Gasteiger partial charge in [-0.25, -0.2) is 9.48 Å². The molecule has 0 saturated heterocycles. The van der Waals surface area contributed by atoms with E-state index in [0.717, 1.165) is 35.2 Å². The van der Waals surface area contributed by atoms with E-state index >= 15 is 0 Å². The Morgan fingerprint density at radius 1 is 1.29 bits per heavy atom. The summed E-state index contributed by atoms with van der Waals surface area (Å²) in [5, 5.41) is 15.5. The van der Waals surface area contributed by atoms with Gasteiger partial charge < -0.3 is 15.3 Å². The van der Waals surface area contributed by atoms with Crippen LogP contribution in [-0.4, -0.2) is 44.1 Å². The number of rotatable bonds is 10. The molecule has 2 heterocycles. The molecule has 0 saturated carbocycles. The van der Waals surface area contributed by atoms with Gasteiger partial charge in [0.2, 0.25) is 0 Å². The zero-order chi connectivity index (χ0) is 22.1. The first-order valence-electron chi connectivity index (χ1n) is 9.92. The van der Waals surface area contributed by atoms with E-state index in [1.807, 2.05) is 36.4 Å². The zero-order valence-electron chi connectivity index (χ0n) is 17.5. The maximum atomic E-state index is 11.0. The molecule has 0 bridgehead atoms. The van der Waals surface area contributed by atoms with Gasteiger partial charge in [0.15, 0.2) is 5.82 Å². The van der Waals surface area contributed by atoms with Crippen LogP contribution in [0.2, 0.25) is 0 Å². The topological polar surface area (TPSA) is 130 Å². The molecule has 162 valence electrons. The summed E-state index contributed by atoms with van der Waals surface area (Å²) in [6, 6.07) is 11.4. The molecule has 1 atom stereocenters. The van der Waals surface area contributed by atoms with Crippen molar-refractivity contribution in [2.24, 2.45) is 17.9 Å². The number of hydrogen-bond donors (Lipinski definition) is 1. The molecule has 3 rings (SSSR count). The first-order chi connectivity index (χ1) is 15.1. The van der Waals surface area contributed by atoms with E-state index in [9.17, 15) is 4.79 Å². The molecule has 0 aliphatic rings. The number of ether oxygens (including phenoxy) is 1. The van der Waals surface area contributed by atoms with Crippen LogP contribution >= 0.6 is 0 Å². The van der Waals surface area contributed by atoms with Crippen LogP contribution in [0, 0.1) is 0 Å². The van der Waals surface area contributed by atoms with Crippen molar-refractivity contribution < 1.29 is 14.4 Å². The lowest BCUT2D eigenvalue weighted by Gasteiger charge is -2.18. The minimum absolute atomic E-state index is 0.0519. The van der Waals surface area contributed by atoms with Gasteiger partial charge in [-0.05, 0) is 28.5 Å². The van der Waals surface area contributed by atoms with Crippen LogP contribution in [0.4, 0.5) is 4.79 Å². The summed E-state index contributed by atoms with van der Waals surface area (Å²) in [4.78, 5) is 21.0. The number of hydrogen-bond acceptors (Lipinski definition) is 8. The number of carbonyl (C=O) groups is 1. The average molecular weight is 423 g/mol. The summed E-state index contributed by atoms with van der Waals surface area (Å²) in [6.45, 7) is 2.50. The Morgan fingerprint density at radius 3 is 2.77 bits per heavy atom. The van der Waals surface area contributed by atoms with Gasteiger partial charge in [-0.15, -0.1) is 5.10 Å². The van der Waals surface area contributed by atoms with E-state index in [-0.39, 0.29) is 19.1 Å². The highest BCUT2D eigenvalue weighted by Crippen LogP contribution is 2.24. The Hall–Kier alpha value is -3.82. The molecule has 31 heavy (non-hydrogen) atoms. The SMILES string of the molecule is CCCC(COC(N)=O)c1ncccc1CO/N=C/c1ccc(-c2nnnn2C)cc1. The number of carbonyl (C=O) groups excluding carboxylic acids is 1. The number of oxime groups is 1. The van der Waals surface area contributed by atoms with Crippen LogP contribution in [-0.2, 0) is 23.2 Å². The molecule has 0 fully saturated rings. The quantitative estimate of drug-likeness (QED) is 0.392. The standard InChI is InChI=1S/C21H25N7O3/c1-3-5-17(13-30-21(22)29)19-18(6-4-11-23-19)14-31-24-12-15-7-9-16(10-8-15)20-25-26-27-28(20)2/h4,6-12,17H,3,5,13-14H2,1-2H3,(H2,22,29)/b24-12+. The van der Waals surface area contributed by atoms with Gasteiger partial charge in [0.05, 0.1) is 11.9 Å². The molecule has 0 aliphatic heterocycles. The Bertz CT molecular complexity index is 1020. The van der Waals surface area contributed by atoms with E-state index in [0.29, 0.717) is 5.82 Å². The smallest absolute Gasteiger partial charge is 0.404 e. The maximum Gasteiger partial charge on any atom is 0.404 e. The highest BCUT2D eigenvalue weighted by molar-refractivity contribution is 5.80. The molecule has 1 aromatic carbocycles. The third-order valence-corrected chi connectivity index (χ3v) is 4.66. The molecule has 2 N–H and O–H groups in total. The fourth-order valence-electron chi connectivity index (χ4n) is 3.17. The molecular weight excluding hydrogens is 398 g/mol. The first kappa shape index (κ1) is 21.9. The van der Waals surface area contributed by atoms with Gasteiger partial charge in [0.25, 0.3) is 0 Å². The lowest BCUT2D eigenvalue weighted by molar-refractivity contribution is 0.128. The van der Waals surface area contributed by atoms with Crippen LogP contribution in [0.1, 0.15) is 42.5 Å². The van der Waals surface area contributed by atoms with Crippen molar-refractivity contribution in [3.63, 3.8) is 0 Å². The molecule has 2 aromatic heterocycles. The van der Waals surface area contributed by atoms with Crippen LogP contribution in [0.25, 0.3) is 11.4 Å². The predicted molar refractivity (Wildman–Crippen MR) is 114 cm³/mol. The number of primary amides is 1. The Labute approximate surface area is 180 Å². The third-order valence-electron chi connectivity index (χ3n) is 4.66. The van der Waals surface area contributed by atoms with E-state index in [2.05, 4.69) is 32.6 Å². The van der Waals surface area contributed by atoms with Gasteiger partial charge in [0, 0.05) is 30.3 Å². The number of nitrogens with two attached hydrogens (primary N) is 1. The second-order valence-electron chi connectivity index (χ2n) is 6.92. The van der Waals surface area contributed by atoms with Crippen molar-refractivity contribution in [1.29, 1.82) is 0 Å². The largest absolute Gasteiger partial charge is 0.449 e. The summed E-state index contributed by atoms with van der Waals surface area (Å²) in [5.41, 5.74) is 8.61. The molecule has 10 heteroatoms. The fraction of sp³-hybridized carbons (Fsp3) is 0.333. The van der Waals surface area contributed by atoms with E-state index < -0.39 is 6.09 Å². The van der Waals surface area contributed by atoms with Gasteiger partial charge >= 0.3 is 6.09 Å². The maximum absolute atomic E-state index is 11.0. The molecule has 1 unspecified atom stereocenters. The van der Waals surface area contributed by atoms with Gasteiger partial charge in [-0.1, -0.05) is 48.8 Å². The number of amides is 1. The number of benzene rings is 1. The first-order valence-corrected chi connectivity index (χ1v) is 9.92. The van der Waals surface area contributed by atoms with E-state index in [1.165, 1.54) is 0 Å². The highest BCUT2D eigenvalue weighted by Gasteiger charge is 2.18. The average Bonchev–Trinajstić information content (AvgIpc) is 3.21. The minimum atomic E-state index is -0.791. The number of aryl methyl sites for hydroxylation is 1. The molecule has 1 amide bonds. The molecule has 0 aliphatic carbocycles.